The van der Waals surface area contributed by atoms with Crippen LogP contribution in [0, 0.1) is 0 Å². The van der Waals surface area contributed by atoms with Gasteiger partial charge >= 0.3 is 0 Å². The molecule has 0 saturated carbocycles. The average molecular weight is 819 g/mol. The van der Waals surface area contributed by atoms with Gasteiger partial charge in [-0.3, -0.25) is 0 Å². The number of benzene rings is 10. The minimum atomic E-state index is -0.626. The molecule has 0 aromatic heterocycles. The smallest absolute Gasteiger partial charge is 0.0714 e. The minimum absolute atomic E-state index is 0.128. The third-order valence-corrected chi connectivity index (χ3v) is 13.9. The van der Waals surface area contributed by atoms with Crippen molar-refractivity contribution in [3.8, 4) is 22.3 Å². The van der Waals surface area contributed by atoms with Gasteiger partial charge in [-0.25, -0.2) is 0 Å². The van der Waals surface area contributed by atoms with Gasteiger partial charge in [-0.05, 0) is 151 Å². The second-order valence-electron chi connectivity index (χ2n) is 17.7. The van der Waals surface area contributed by atoms with Crippen molar-refractivity contribution in [2.24, 2.45) is 0 Å². The molecule has 0 fully saturated rings. The summed E-state index contributed by atoms with van der Waals surface area (Å²) in [5.41, 5.74) is 18.9. The molecule has 1 atom stereocenters. The van der Waals surface area contributed by atoms with Gasteiger partial charge < -0.3 is 9.80 Å². The Morgan fingerprint density at radius 2 is 0.656 bits per heavy atom. The summed E-state index contributed by atoms with van der Waals surface area (Å²) in [7, 11) is 0. The zero-order valence-corrected chi connectivity index (χ0v) is 36.0. The number of para-hydroxylation sites is 3. The molecule has 0 aliphatic heterocycles. The number of fused-ring (bicyclic) bond motifs is 7. The van der Waals surface area contributed by atoms with Crippen LogP contribution in [0.15, 0.2) is 243 Å². The highest BCUT2D eigenvalue weighted by molar-refractivity contribution is 5.97. The molecular formula is C62H46N2. The lowest BCUT2D eigenvalue weighted by Crippen LogP contribution is -2.29. The Balaban J connectivity index is 1.10. The van der Waals surface area contributed by atoms with Crippen molar-refractivity contribution in [3.63, 3.8) is 0 Å². The molecule has 0 N–H and O–H groups in total. The second kappa shape index (κ2) is 14.9. The van der Waals surface area contributed by atoms with Gasteiger partial charge in [-0.2, -0.15) is 0 Å². The van der Waals surface area contributed by atoms with Crippen molar-refractivity contribution in [1.82, 2.24) is 0 Å². The van der Waals surface area contributed by atoms with Gasteiger partial charge in [0.05, 0.1) is 5.41 Å². The van der Waals surface area contributed by atoms with Crippen molar-refractivity contribution in [2.45, 2.75) is 24.7 Å². The molecule has 0 radical (unpaired) electrons. The van der Waals surface area contributed by atoms with Crippen LogP contribution in [0.2, 0.25) is 0 Å². The molecule has 0 heterocycles. The molecule has 304 valence electrons. The molecule has 12 rings (SSSR count). The topological polar surface area (TPSA) is 6.48 Å². The van der Waals surface area contributed by atoms with Crippen LogP contribution in [0.25, 0.3) is 33.0 Å². The zero-order chi connectivity index (χ0) is 42.8. The fraction of sp³-hybridized carbons (Fsp3) is 0.0645. The van der Waals surface area contributed by atoms with E-state index in [0.717, 1.165) is 34.1 Å². The molecule has 0 saturated heterocycles. The quantitative estimate of drug-likeness (QED) is 0.151. The Kier molecular flexibility index (Phi) is 8.77. The van der Waals surface area contributed by atoms with Gasteiger partial charge in [-0.15, -0.1) is 0 Å². The third-order valence-electron chi connectivity index (χ3n) is 13.9. The summed E-state index contributed by atoms with van der Waals surface area (Å²) < 4.78 is 0. The SMILES string of the molecule is CC1(C)c2ccccc2-c2ccc(N(c3ccccc3)c3ccc4c(c3)C(c3ccccc3)(c3ccc(N(c5ccccc5)c5ccccc5)cc3)c3cc5ccccc5cc3-4)cc21. The van der Waals surface area contributed by atoms with Crippen molar-refractivity contribution < 1.29 is 0 Å². The van der Waals surface area contributed by atoms with Crippen LogP contribution in [0.5, 0.6) is 0 Å². The number of nitrogens with zero attached hydrogens (tertiary/aromatic N) is 2. The Morgan fingerprint density at radius 3 is 1.25 bits per heavy atom. The monoisotopic (exact) mass is 818 g/mol. The van der Waals surface area contributed by atoms with E-state index in [4.69, 9.17) is 0 Å². The van der Waals surface area contributed by atoms with Crippen LogP contribution in [0.1, 0.15) is 47.2 Å². The normalized spacial score (nSPS) is 15.2. The van der Waals surface area contributed by atoms with Gasteiger partial charge in [-0.1, -0.05) is 172 Å². The van der Waals surface area contributed by atoms with Crippen molar-refractivity contribution in [3.05, 3.63) is 276 Å². The van der Waals surface area contributed by atoms with Gasteiger partial charge in [0.25, 0.3) is 0 Å². The van der Waals surface area contributed by atoms with Crippen LogP contribution in [-0.4, -0.2) is 0 Å². The summed E-state index contributed by atoms with van der Waals surface area (Å²) in [6.07, 6.45) is 0. The molecular weight excluding hydrogens is 773 g/mol. The molecule has 2 nitrogen and oxygen atoms in total. The predicted molar refractivity (Wildman–Crippen MR) is 268 cm³/mol. The molecule has 10 aromatic rings. The maximum atomic E-state index is 2.49. The molecule has 0 spiro atoms. The minimum Gasteiger partial charge on any atom is -0.311 e. The first-order chi connectivity index (χ1) is 31.5. The molecule has 64 heavy (non-hydrogen) atoms. The first-order valence-corrected chi connectivity index (χ1v) is 22.3. The van der Waals surface area contributed by atoms with Gasteiger partial charge in [0, 0.05) is 39.5 Å². The lowest BCUT2D eigenvalue weighted by atomic mass is 9.67. The van der Waals surface area contributed by atoms with Crippen LogP contribution >= 0.6 is 0 Å². The lowest BCUT2D eigenvalue weighted by Gasteiger charge is -2.35. The largest absolute Gasteiger partial charge is 0.311 e. The molecule has 0 bridgehead atoms. The number of hydrogen-bond acceptors (Lipinski definition) is 2. The number of anilines is 6. The van der Waals surface area contributed by atoms with Gasteiger partial charge in [0.2, 0.25) is 0 Å². The fourth-order valence-corrected chi connectivity index (χ4v) is 10.9. The van der Waals surface area contributed by atoms with Crippen LogP contribution in [0.3, 0.4) is 0 Å². The Bertz CT molecular complexity index is 3300. The van der Waals surface area contributed by atoms with E-state index in [1.54, 1.807) is 0 Å². The van der Waals surface area contributed by atoms with Crippen LogP contribution in [-0.2, 0) is 10.8 Å². The van der Waals surface area contributed by atoms with Crippen LogP contribution in [0.4, 0.5) is 34.1 Å². The highest BCUT2D eigenvalue weighted by atomic mass is 15.1. The second-order valence-corrected chi connectivity index (χ2v) is 17.7. The van der Waals surface area contributed by atoms with E-state index in [9.17, 15) is 0 Å². The Labute approximate surface area is 376 Å². The van der Waals surface area contributed by atoms with Crippen molar-refractivity contribution >= 4 is 44.9 Å². The lowest BCUT2D eigenvalue weighted by molar-refractivity contribution is 0.660. The highest BCUT2D eigenvalue weighted by Crippen LogP contribution is 2.59. The van der Waals surface area contributed by atoms with E-state index in [2.05, 4.69) is 266 Å². The Hall–Kier alpha value is -7.94. The summed E-state index contributed by atoms with van der Waals surface area (Å²) in [6, 6.07) is 89.6. The molecule has 2 aliphatic carbocycles. The summed E-state index contributed by atoms with van der Waals surface area (Å²) in [4.78, 5) is 4.80. The van der Waals surface area contributed by atoms with Gasteiger partial charge in [0.1, 0.15) is 0 Å². The number of rotatable bonds is 8. The first kappa shape index (κ1) is 37.8. The molecule has 2 heteroatoms. The fourth-order valence-electron chi connectivity index (χ4n) is 10.9. The summed E-state index contributed by atoms with van der Waals surface area (Å²) in [5, 5.41) is 2.47. The zero-order valence-electron chi connectivity index (χ0n) is 36.0. The maximum Gasteiger partial charge on any atom is 0.0714 e. The third kappa shape index (κ3) is 5.80. The summed E-state index contributed by atoms with van der Waals surface area (Å²) in [6.45, 7) is 4.73. The van der Waals surface area contributed by atoms with Gasteiger partial charge in [0.15, 0.2) is 0 Å². The van der Waals surface area contributed by atoms with E-state index in [1.165, 1.54) is 66.4 Å². The average Bonchev–Trinajstić information content (AvgIpc) is 3.76. The molecule has 10 aromatic carbocycles. The summed E-state index contributed by atoms with van der Waals surface area (Å²) in [5.74, 6) is 0. The molecule has 2 aliphatic rings. The van der Waals surface area contributed by atoms with Crippen molar-refractivity contribution in [1.29, 1.82) is 0 Å². The van der Waals surface area contributed by atoms with Crippen LogP contribution < -0.4 is 9.80 Å². The van der Waals surface area contributed by atoms with E-state index < -0.39 is 5.41 Å². The van der Waals surface area contributed by atoms with E-state index in [-0.39, 0.29) is 5.41 Å². The first-order valence-electron chi connectivity index (χ1n) is 22.3. The Morgan fingerprint density at radius 1 is 0.266 bits per heavy atom. The predicted octanol–water partition coefficient (Wildman–Crippen LogP) is 16.4. The van der Waals surface area contributed by atoms with E-state index in [0.29, 0.717) is 0 Å². The van der Waals surface area contributed by atoms with E-state index in [1.807, 2.05) is 0 Å². The summed E-state index contributed by atoms with van der Waals surface area (Å²) >= 11 is 0. The van der Waals surface area contributed by atoms with Crippen molar-refractivity contribution in [2.75, 3.05) is 9.80 Å². The van der Waals surface area contributed by atoms with E-state index >= 15 is 0 Å². The maximum absolute atomic E-state index is 2.49. The highest BCUT2D eigenvalue weighted by Gasteiger charge is 2.47. The molecule has 0 amide bonds. The number of hydrogen-bond donors (Lipinski definition) is 0. The molecule has 1 unspecified atom stereocenters. The standard InChI is InChI=1S/C62H46N2/c1-61(2)57-30-18-17-29-53(57)54-37-35-51(41-58(54)61)64(49-27-13-6-14-28-49)52-36-38-55-56-39-43-19-15-16-20-44(43)40-59(56)62(60(55)42-52,45-21-7-3-8-22-45)46-31-33-50(34-32-46)63(47-23-9-4-10-24-47)48-25-11-5-12-26-48/h3-42H,1-2H3.